The van der Waals surface area contributed by atoms with Gasteiger partial charge in [0.1, 0.15) is 0 Å². The smallest absolute Gasteiger partial charge is 0.253 e. The molecule has 0 aromatic carbocycles. The molecule has 0 bridgehead atoms. The predicted octanol–water partition coefficient (Wildman–Crippen LogP) is -0.668. The van der Waals surface area contributed by atoms with Crippen LogP contribution in [0.1, 0.15) is 26.2 Å². The van der Waals surface area contributed by atoms with Crippen molar-refractivity contribution in [2.75, 3.05) is 0 Å². The van der Waals surface area contributed by atoms with Gasteiger partial charge in [0.25, 0.3) is 5.91 Å². The van der Waals surface area contributed by atoms with Crippen LogP contribution in [0.5, 0.6) is 0 Å². The summed E-state index contributed by atoms with van der Waals surface area (Å²) in [4.78, 5) is 11.5. The molecule has 0 saturated heterocycles. The Hall–Kier alpha value is -0.620. The minimum Gasteiger partial charge on any atom is -0.317 e. The number of sulfonamides is 1. The Kier molecular flexibility index (Phi) is 1.91. The molecule has 3 N–H and O–H groups in total. The lowest BCUT2D eigenvalue weighted by Crippen LogP contribution is -2.47. The van der Waals surface area contributed by atoms with Gasteiger partial charge in [0.2, 0.25) is 10.0 Å². The quantitative estimate of drug-likeness (QED) is 0.657. The fraction of sp³-hybridized carbons (Fsp3) is 0.875. The van der Waals surface area contributed by atoms with Crippen LogP contribution in [0.15, 0.2) is 0 Å². The number of nitrogens with one attached hydrogen (secondary N) is 1. The molecule has 0 aromatic rings. The molecule has 6 heteroatoms. The van der Waals surface area contributed by atoms with Gasteiger partial charge in [-0.15, -0.1) is 0 Å². The summed E-state index contributed by atoms with van der Waals surface area (Å²) in [6, 6.07) is 0. The third kappa shape index (κ3) is 1.52. The van der Waals surface area contributed by atoms with E-state index in [4.69, 9.17) is 5.73 Å². The summed E-state index contributed by atoms with van der Waals surface area (Å²) in [6.07, 6.45) is 1.87. The number of nitrogens with two attached hydrogens (primary N) is 1. The standard InChI is InChI=1S/C8H14N2O3S/c1-5-4-8(5,9)7(11)10-14(12,13)6-2-3-6/h5-6H,2-4,9H2,1H3,(H,10,11)/t5-,8-/m1/s1. The summed E-state index contributed by atoms with van der Waals surface area (Å²) < 4.78 is 24.9. The largest absolute Gasteiger partial charge is 0.317 e. The highest BCUT2D eigenvalue weighted by Crippen LogP contribution is 2.41. The van der Waals surface area contributed by atoms with E-state index in [0.717, 1.165) is 0 Å². The Bertz CT molecular complexity index is 374. The van der Waals surface area contributed by atoms with E-state index < -0.39 is 21.5 Å². The van der Waals surface area contributed by atoms with Crippen molar-refractivity contribution in [1.82, 2.24) is 4.72 Å². The van der Waals surface area contributed by atoms with Crippen molar-refractivity contribution in [2.24, 2.45) is 11.7 Å². The number of carbonyl (C=O) groups is 1. The molecular formula is C8H14N2O3S. The van der Waals surface area contributed by atoms with Crippen LogP contribution < -0.4 is 10.5 Å². The Morgan fingerprint density at radius 1 is 1.50 bits per heavy atom. The zero-order valence-corrected chi connectivity index (χ0v) is 8.80. The molecule has 2 saturated carbocycles. The fourth-order valence-corrected chi connectivity index (χ4v) is 2.82. The third-order valence-corrected chi connectivity index (χ3v) is 4.80. The van der Waals surface area contributed by atoms with E-state index >= 15 is 0 Å². The van der Waals surface area contributed by atoms with Crippen LogP contribution >= 0.6 is 0 Å². The van der Waals surface area contributed by atoms with E-state index in [1.54, 1.807) is 0 Å². The SMILES string of the molecule is C[C@@H]1C[C@]1(N)C(=O)NS(=O)(=O)C1CC1. The topological polar surface area (TPSA) is 89.3 Å². The molecule has 2 fully saturated rings. The van der Waals surface area contributed by atoms with E-state index in [0.29, 0.717) is 19.3 Å². The molecule has 5 nitrogen and oxygen atoms in total. The maximum absolute atomic E-state index is 11.5. The zero-order valence-electron chi connectivity index (χ0n) is 7.99. The van der Waals surface area contributed by atoms with Crippen LogP contribution in [-0.4, -0.2) is 25.1 Å². The van der Waals surface area contributed by atoms with Crippen molar-refractivity contribution < 1.29 is 13.2 Å². The van der Waals surface area contributed by atoms with Crippen LogP contribution in [-0.2, 0) is 14.8 Å². The highest BCUT2D eigenvalue weighted by Gasteiger charge is 2.55. The highest BCUT2D eigenvalue weighted by molar-refractivity contribution is 7.90. The van der Waals surface area contributed by atoms with Gasteiger partial charge in [-0.3, -0.25) is 9.52 Å². The molecule has 0 unspecified atom stereocenters. The van der Waals surface area contributed by atoms with Gasteiger partial charge in [0, 0.05) is 0 Å². The van der Waals surface area contributed by atoms with E-state index in [-0.39, 0.29) is 11.2 Å². The first-order valence-electron chi connectivity index (χ1n) is 4.71. The Morgan fingerprint density at radius 2 is 2.00 bits per heavy atom. The van der Waals surface area contributed by atoms with Crippen LogP contribution in [0.4, 0.5) is 0 Å². The van der Waals surface area contributed by atoms with Gasteiger partial charge in [-0.2, -0.15) is 0 Å². The molecule has 0 heterocycles. The molecule has 0 aliphatic heterocycles. The lowest BCUT2D eigenvalue weighted by atomic mass is 10.2. The second kappa shape index (κ2) is 2.70. The summed E-state index contributed by atoms with van der Waals surface area (Å²) in [5, 5.41) is -0.371. The van der Waals surface area contributed by atoms with E-state index in [1.165, 1.54) is 0 Å². The van der Waals surface area contributed by atoms with Gasteiger partial charge in [-0.05, 0) is 25.2 Å². The first-order valence-corrected chi connectivity index (χ1v) is 6.26. The summed E-state index contributed by atoms with van der Waals surface area (Å²) in [7, 11) is -3.43. The van der Waals surface area contributed by atoms with E-state index in [1.807, 2.05) is 6.92 Å². The Morgan fingerprint density at radius 3 is 2.36 bits per heavy atom. The average Bonchev–Trinajstić information content (AvgIpc) is 2.87. The van der Waals surface area contributed by atoms with Gasteiger partial charge < -0.3 is 5.73 Å². The van der Waals surface area contributed by atoms with Crippen molar-refractivity contribution in [1.29, 1.82) is 0 Å². The highest BCUT2D eigenvalue weighted by atomic mass is 32.2. The minimum absolute atomic E-state index is 0.0805. The second-order valence-electron chi connectivity index (χ2n) is 4.32. The monoisotopic (exact) mass is 218 g/mol. The van der Waals surface area contributed by atoms with Crippen molar-refractivity contribution >= 4 is 15.9 Å². The molecule has 80 valence electrons. The normalized spacial score (nSPS) is 36.6. The lowest BCUT2D eigenvalue weighted by molar-refractivity contribution is -0.121. The summed E-state index contributed by atoms with van der Waals surface area (Å²) in [5.74, 6) is -0.464. The molecule has 1 amide bonds. The summed E-state index contributed by atoms with van der Waals surface area (Å²) in [6.45, 7) is 1.84. The predicted molar refractivity (Wildman–Crippen MR) is 50.8 cm³/mol. The Labute approximate surface area is 83.1 Å². The molecular weight excluding hydrogens is 204 g/mol. The second-order valence-corrected chi connectivity index (χ2v) is 6.28. The minimum atomic E-state index is -3.43. The molecule has 2 atom stereocenters. The molecule has 0 radical (unpaired) electrons. The van der Waals surface area contributed by atoms with Crippen LogP contribution in [0.2, 0.25) is 0 Å². The zero-order chi connectivity index (χ0) is 10.6. The first kappa shape index (κ1) is 9.92. The van der Waals surface area contributed by atoms with Crippen molar-refractivity contribution in [3.8, 4) is 0 Å². The molecule has 14 heavy (non-hydrogen) atoms. The summed E-state index contributed by atoms with van der Waals surface area (Å²) >= 11 is 0. The molecule has 2 aliphatic carbocycles. The van der Waals surface area contributed by atoms with E-state index in [2.05, 4.69) is 4.72 Å². The van der Waals surface area contributed by atoms with Gasteiger partial charge in [0.05, 0.1) is 10.8 Å². The van der Waals surface area contributed by atoms with Gasteiger partial charge in [-0.25, -0.2) is 8.42 Å². The van der Waals surface area contributed by atoms with Crippen LogP contribution in [0.25, 0.3) is 0 Å². The van der Waals surface area contributed by atoms with Crippen molar-refractivity contribution in [3.05, 3.63) is 0 Å². The van der Waals surface area contributed by atoms with Crippen LogP contribution in [0, 0.1) is 5.92 Å². The molecule has 0 spiro atoms. The number of amides is 1. The van der Waals surface area contributed by atoms with Crippen LogP contribution in [0.3, 0.4) is 0 Å². The fourth-order valence-electron chi connectivity index (χ4n) is 1.45. The third-order valence-electron chi connectivity index (χ3n) is 2.98. The number of hydrogen-bond donors (Lipinski definition) is 2. The maximum Gasteiger partial charge on any atom is 0.253 e. The number of carbonyl (C=O) groups excluding carboxylic acids is 1. The maximum atomic E-state index is 11.5. The average molecular weight is 218 g/mol. The first-order chi connectivity index (χ1) is 6.36. The van der Waals surface area contributed by atoms with Gasteiger partial charge >= 0.3 is 0 Å². The lowest BCUT2D eigenvalue weighted by Gasteiger charge is -2.10. The summed E-state index contributed by atoms with van der Waals surface area (Å²) in [5.41, 5.74) is 4.74. The van der Waals surface area contributed by atoms with Gasteiger partial charge in [0.15, 0.2) is 0 Å². The van der Waals surface area contributed by atoms with E-state index in [9.17, 15) is 13.2 Å². The number of rotatable bonds is 3. The van der Waals surface area contributed by atoms with Crippen molar-refractivity contribution in [3.63, 3.8) is 0 Å². The van der Waals surface area contributed by atoms with Crippen molar-refractivity contribution in [2.45, 2.75) is 37.0 Å². The molecule has 0 aromatic heterocycles. The molecule has 2 aliphatic rings. The number of hydrogen-bond acceptors (Lipinski definition) is 4. The molecule has 2 rings (SSSR count). The van der Waals surface area contributed by atoms with Gasteiger partial charge in [-0.1, -0.05) is 6.92 Å². The Balaban J connectivity index is 2.01.